The molecule has 2 unspecified atom stereocenters. The molecule has 0 radical (unpaired) electrons. The molecular weight excluding hydrogens is 1260 g/mol. The Morgan fingerprint density at radius 2 is 0.479 bits per heavy atom. The highest BCUT2D eigenvalue weighted by Gasteiger charge is 2.30. The van der Waals surface area contributed by atoms with Gasteiger partial charge in [-0.1, -0.05) is 356 Å². The van der Waals surface area contributed by atoms with Crippen LogP contribution in [-0.4, -0.2) is 96.7 Å². The first-order valence-corrected chi connectivity index (χ1v) is 43.1. The molecule has 0 heterocycles. The Morgan fingerprint density at radius 3 is 0.708 bits per heavy atom. The topological polar surface area (TPSA) is 237 Å². The van der Waals surface area contributed by atoms with Crippen molar-refractivity contribution in [3.05, 3.63) is 0 Å². The minimum atomic E-state index is -4.96. The number of esters is 4. The van der Waals surface area contributed by atoms with Crippen molar-refractivity contribution in [1.82, 2.24) is 0 Å². The summed E-state index contributed by atoms with van der Waals surface area (Å²) < 4.78 is 68.6. The summed E-state index contributed by atoms with van der Waals surface area (Å²) in [6, 6.07) is 0. The SMILES string of the molecule is CCCCCCCCCCCCCCCCCC(=O)OC[C@H](COP(=O)(O)OC[C@@H](O)COP(=O)(O)OC[C@@H](COC(=O)CCCCCCCCCCCCCC)OC(=O)CCCCCCCCCCCCCCC)OC(=O)CCCCCCCCCCCCCCCC(C)C. The van der Waals surface area contributed by atoms with Crippen LogP contribution in [0.1, 0.15) is 407 Å². The Kier molecular flexibility index (Phi) is 68.7. The van der Waals surface area contributed by atoms with Crippen LogP contribution in [0.25, 0.3) is 0 Å². The molecule has 3 N–H and O–H groups in total. The molecular formula is C77H150O17P2. The van der Waals surface area contributed by atoms with Gasteiger partial charge in [0, 0.05) is 25.7 Å². The summed E-state index contributed by atoms with van der Waals surface area (Å²) >= 11 is 0. The van der Waals surface area contributed by atoms with Crippen molar-refractivity contribution in [1.29, 1.82) is 0 Å². The highest BCUT2D eigenvalue weighted by atomic mass is 31.2. The lowest BCUT2D eigenvalue weighted by atomic mass is 10.0. The molecule has 0 rings (SSSR count). The second-order valence-electron chi connectivity index (χ2n) is 28.2. The number of hydrogen-bond donors (Lipinski definition) is 3. The zero-order valence-electron chi connectivity index (χ0n) is 62.5. The van der Waals surface area contributed by atoms with E-state index in [0.29, 0.717) is 25.7 Å². The fraction of sp³-hybridized carbons (Fsp3) is 0.948. The summed E-state index contributed by atoms with van der Waals surface area (Å²) in [5.74, 6) is -1.32. The van der Waals surface area contributed by atoms with Crippen molar-refractivity contribution in [2.75, 3.05) is 39.6 Å². The molecule has 0 aliphatic heterocycles. The van der Waals surface area contributed by atoms with E-state index in [1.165, 1.54) is 231 Å². The van der Waals surface area contributed by atoms with Crippen LogP contribution in [0, 0.1) is 5.92 Å². The monoisotopic (exact) mass is 1410 g/mol. The summed E-state index contributed by atoms with van der Waals surface area (Å²) in [7, 11) is -9.91. The minimum Gasteiger partial charge on any atom is -0.462 e. The number of phosphoric acid groups is 2. The number of ether oxygens (including phenoxy) is 4. The summed E-state index contributed by atoms with van der Waals surface area (Å²) in [6.07, 6.45) is 59.4. The van der Waals surface area contributed by atoms with Crippen molar-refractivity contribution in [2.45, 2.75) is 425 Å². The van der Waals surface area contributed by atoms with E-state index in [0.717, 1.165) is 95.8 Å². The van der Waals surface area contributed by atoms with E-state index in [4.69, 9.17) is 37.0 Å². The predicted octanol–water partition coefficient (Wildman–Crippen LogP) is 22.9. The van der Waals surface area contributed by atoms with Crippen LogP contribution in [0.4, 0.5) is 0 Å². The molecule has 5 atom stereocenters. The molecule has 0 saturated heterocycles. The van der Waals surface area contributed by atoms with Crippen molar-refractivity contribution in [2.24, 2.45) is 5.92 Å². The van der Waals surface area contributed by atoms with Crippen molar-refractivity contribution in [3.8, 4) is 0 Å². The first-order chi connectivity index (χ1) is 46.5. The van der Waals surface area contributed by atoms with E-state index in [1.54, 1.807) is 0 Å². The van der Waals surface area contributed by atoms with Crippen LogP contribution in [0.15, 0.2) is 0 Å². The number of aliphatic hydroxyl groups excluding tert-OH is 1. The predicted molar refractivity (Wildman–Crippen MR) is 391 cm³/mol. The molecule has 0 aliphatic carbocycles. The van der Waals surface area contributed by atoms with Crippen molar-refractivity contribution in [3.63, 3.8) is 0 Å². The van der Waals surface area contributed by atoms with Gasteiger partial charge in [0.1, 0.15) is 19.3 Å². The summed E-state index contributed by atoms with van der Waals surface area (Å²) in [4.78, 5) is 72.9. The molecule has 19 heteroatoms. The first-order valence-electron chi connectivity index (χ1n) is 40.1. The number of carbonyl (C=O) groups excluding carboxylic acids is 4. The fourth-order valence-corrected chi connectivity index (χ4v) is 13.5. The van der Waals surface area contributed by atoms with Gasteiger partial charge in [0.2, 0.25) is 0 Å². The average Bonchev–Trinajstić information content (AvgIpc) is 1.16. The lowest BCUT2D eigenvalue weighted by Gasteiger charge is -2.21. The molecule has 0 saturated carbocycles. The van der Waals surface area contributed by atoms with Crippen LogP contribution in [-0.2, 0) is 65.4 Å². The number of hydrogen-bond acceptors (Lipinski definition) is 15. The Morgan fingerprint density at radius 1 is 0.281 bits per heavy atom. The average molecular weight is 1410 g/mol. The Balaban J connectivity index is 5.26. The Bertz CT molecular complexity index is 1840. The van der Waals surface area contributed by atoms with E-state index in [2.05, 4.69) is 34.6 Å². The highest BCUT2D eigenvalue weighted by Crippen LogP contribution is 2.45. The summed E-state index contributed by atoms with van der Waals surface area (Å²) in [5, 5.41) is 10.6. The van der Waals surface area contributed by atoms with Gasteiger partial charge in [0.15, 0.2) is 12.2 Å². The van der Waals surface area contributed by atoms with Gasteiger partial charge in [-0.05, 0) is 31.6 Å². The van der Waals surface area contributed by atoms with Crippen LogP contribution in [0.5, 0.6) is 0 Å². The van der Waals surface area contributed by atoms with Gasteiger partial charge in [0.25, 0.3) is 0 Å². The van der Waals surface area contributed by atoms with Gasteiger partial charge < -0.3 is 33.8 Å². The maximum atomic E-state index is 13.1. The highest BCUT2D eigenvalue weighted by molar-refractivity contribution is 7.47. The molecule has 0 amide bonds. The van der Waals surface area contributed by atoms with Crippen LogP contribution < -0.4 is 0 Å². The van der Waals surface area contributed by atoms with Crippen LogP contribution >= 0.6 is 15.6 Å². The summed E-state index contributed by atoms with van der Waals surface area (Å²) in [5.41, 5.74) is 0. The van der Waals surface area contributed by atoms with E-state index in [-0.39, 0.29) is 25.7 Å². The van der Waals surface area contributed by atoms with E-state index in [9.17, 15) is 43.2 Å². The normalized spacial score (nSPS) is 13.9. The second-order valence-corrected chi connectivity index (χ2v) is 31.1. The largest absolute Gasteiger partial charge is 0.472 e. The van der Waals surface area contributed by atoms with Gasteiger partial charge in [-0.3, -0.25) is 37.3 Å². The Hall–Kier alpha value is -1.94. The molecule has 0 fully saturated rings. The number of carbonyl (C=O) groups is 4. The number of aliphatic hydroxyl groups is 1. The molecule has 570 valence electrons. The van der Waals surface area contributed by atoms with E-state index in [1.807, 2.05) is 0 Å². The van der Waals surface area contributed by atoms with Crippen molar-refractivity contribution >= 4 is 39.5 Å². The van der Waals surface area contributed by atoms with Crippen LogP contribution in [0.2, 0.25) is 0 Å². The van der Waals surface area contributed by atoms with Crippen LogP contribution in [0.3, 0.4) is 0 Å². The van der Waals surface area contributed by atoms with Gasteiger partial charge in [-0.25, -0.2) is 9.13 Å². The molecule has 0 bridgehead atoms. The van der Waals surface area contributed by atoms with E-state index >= 15 is 0 Å². The standard InChI is InChI=1S/C77H150O17P2/c1-6-9-12-15-18-21-24-27-28-32-36-41-46-51-56-61-75(80)88-67-73(94-77(82)63-58-53-48-43-38-33-29-31-34-39-44-49-54-59-70(4)5)69-92-96(85,86)90-65-71(78)64-89-95(83,84)91-68-72(66-87-74(79)60-55-50-45-40-35-26-23-20-17-14-11-8-3)93-76(81)62-57-52-47-42-37-30-25-22-19-16-13-10-7-2/h70-73,78H,6-69H2,1-5H3,(H,83,84)(H,85,86)/t71-,72+,73+/m0/s1. The number of unbranched alkanes of at least 4 members (excludes halogenated alkanes) is 49. The Labute approximate surface area is 588 Å². The van der Waals surface area contributed by atoms with Gasteiger partial charge in [-0.15, -0.1) is 0 Å². The second kappa shape index (κ2) is 70.1. The third-order valence-corrected chi connectivity index (χ3v) is 19.9. The van der Waals surface area contributed by atoms with Gasteiger partial charge in [0.05, 0.1) is 26.4 Å². The third kappa shape index (κ3) is 70.5. The quantitative estimate of drug-likeness (QED) is 0.0222. The first kappa shape index (κ1) is 94.1. The number of rotatable bonds is 77. The molecule has 17 nitrogen and oxygen atoms in total. The molecule has 0 aromatic carbocycles. The molecule has 0 aliphatic rings. The summed E-state index contributed by atoms with van der Waals surface area (Å²) in [6.45, 7) is 7.33. The zero-order valence-corrected chi connectivity index (χ0v) is 64.3. The molecule has 0 aromatic heterocycles. The lowest BCUT2D eigenvalue weighted by molar-refractivity contribution is -0.161. The minimum absolute atomic E-state index is 0.108. The lowest BCUT2D eigenvalue weighted by Crippen LogP contribution is -2.30. The third-order valence-electron chi connectivity index (χ3n) is 18.0. The fourth-order valence-electron chi connectivity index (χ4n) is 11.9. The molecule has 0 spiro atoms. The maximum absolute atomic E-state index is 13.1. The zero-order chi connectivity index (χ0) is 70.5. The number of phosphoric ester groups is 2. The molecule has 96 heavy (non-hydrogen) atoms. The maximum Gasteiger partial charge on any atom is 0.472 e. The van der Waals surface area contributed by atoms with E-state index < -0.39 is 97.5 Å². The smallest absolute Gasteiger partial charge is 0.462 e. The van der Waals surface area contributed by atoms with Crippen molar-refractivity contribution < 1.29 is 80.2 Å². The molecule has 0 aromatic rings. The van der Waals surface area contributed by atoms with Gasteiger partial charge >= 0.3 is 39.5 Å². The van der Waals surface area contributed by atoms with Gasteiger partial charge in [-0.2, -0.15) is 0 Å².